The van der Waals surface area contributed by atoms with Gasteiger partial charge in [0, 0.05) is 6.54 Å². The number of halogens is 1. The van der Waals surface area contributed by atoms with Crippen molar-refractivity contribution in [3.8, 4) is 11.5 Å². The highest BCUT2D eigenvalue weighted by molar-refractivity contribution is 5.96. The Morgan fingerprint density at radius 1 is 0.871 bits per heavy atom. The summed E-state index contributed by atoms with van der Waals surface area (Å²) < 4.78 is 24.8. The van der Waals surface area contributed by atoms with Gasteiger partial charge >= 0.3 is 0 Å². The smallest absolute Gasteiger partial charge is 0.254 e. The molecular weight excluding hydrogens is 399 g/mol. The molecule has 2 amide bonds. The molecule has 31 heavy (non-hydrogen) atoms. The lowest BCUT2D eigenvalue weighted by atomic mass is 10.2. The fourth-order valence-electron chi connectivity index (χ4n) is 2.84. The second kappa shape index (κ2) is 10.8. The summed E-state index contributed by atoms with van der Waals surface area (Å²) in [6.07, 6.45) is 0. The average Bonchev–Trinajstić information content (AvgIpc) is 2.81. The minimum absolute atomic E-state index is 0.105. The van der Waals surface area contributed by atoms with Crippen LogP contribution in [0.15, 0.2) is 72.8 Å². The van der Waals surface area contributed by atoms with Gasteiger partial charge in [-0.15, -0.1) is 0 Å². The summed E-state index contributed by atoms with van der Waals surface area (Å²) in [4.78, 5) is 24.0. The van der Waals surface area contributed by atoms with E-state index in [1.165, 1.54) is 18.2 Å². The van der Waals surface area contributed by atoms with E-state index in [0.717, 1.165) is 11.1 Å². The van der Waals surface area contributed by atoms with Crippen LogP contribution in [-0.4, -0.2) is 25.5 Å². The number of nitrogens with one attached hydrogen (secondary N) is 2. The first-order valence-electron chi connectivity index (χ1n) is 9.70. The predicted octanol–water partition coefficient (Wildman–Crippen LogP) is 3.46. The third kappa shape index (κ3) is 6.30. The van der Waals surface area contributed by atoms with Crippen LogP contribution in [0.4, 0.5) is 4.39 Å². The van der Waals surface area contributed by atoms with E-state index in [1.807, 2.05) is 36.4 Å². The zero-order valence-electron chi connectivity index (χ0n) is 17.1. The summed E-state index contributed by atoms with van der Waals surface area (Å²) in [6, 6.07) is 20.8. The number of carbonyl (C=O) groups is 2. The standard InChI is InChI=1S/C24H23FN2O4/c1-30-22-13-18(11-12-21(22)31-16-17-7-3-2-4-8-17)14-26-23(28)15-27-24(29)19-9-5-6-10-20(19)25/h2-13H,14-16H2,1H3,(H,26,28)(H,27,29). The predicted molar refractivity (Wildman–Crippen MR) is 114 cm³/mol. The number of amides is 2. The van der Waals surface area contributed by atoms with Crippen LogP contribution in [0.1, 0.15) is 21.5 Å². The summed E-state index contributed by atoms with van der Waals surface area (Å²) >= 11 is 0. The maximum Gasteiger partial charge on any atom is 0.254 e. The average molecular weight is 422 g/mol. The number of carbonyl (C=O) groups excluding carboxylic acids is 2. The van der Waals surface area contributed by atoms with E-state index in [-0.39, 0.29) is 18.7 Å². The van der Waals surface area contributed by atoms with Crippen molar-refractivity contribution in [3.05, 3.63) is 95.3 Å². The quantitative estimate of drug-likeness (QED) is 0.554. The van der Waals surface area contributed by atoms with E-state index in [1.54, 1.807) is 25.3 Å². The van der Waals surface area contributed by atoms with Crippen LogP contribution in [0, 0.1) is 5.82 Å². The Morgan fingerprint density at radius 2 is 1.61 bits per heavy atom. The molecule has 0 atom stereocenters. The molecule has 160 valence electrons. The lowest BCUT2D eigenvalue weighted by Gasteiger charge is -2.13. The normalized spacial score (nSPS) is 10.3. The highest BCUT2D eigenvalue weighted by atomic mass is 19.1. The molecule has 0 aliphatic rings. The molecule has 0 saturated heterocycles. The maximum absolute atomic E-state index is 13.6. The minimum Gasteiger partial charge on any atom is -0.493 e. The van der Waals surface area contributed by atoms with E-state index in [0.29, 0.717) is 18.1 Å². The van der Waals surface area contributed by atoms with Crippen LogP contribution in [0.3, 0.4) is 0 Å². The highest BCUT2D eigenvalue weighted by Crippen LogP contribution is 2.28. The molecule has 3 aromatic rings. The molecule has 2 N–H and O–H groups in total. The van der Waals surface area contributed by atoms with Crippen LogP contribution in [-0.2, 0) is 17.9 Å². The first-order valence-corrected chi connectivity index (χ1v) is 9.70. The number of methoxy groups -OCH3 is 1. The second-order valence-corrected chi connectivity index (χ2v) is 6.70. The molecule has 0 radical (unpaired) electrons. The molecule has 0 aromatic heterocycles. The van der Waals surface area contributed by atoms with Gasteiger partial charge in [0.1, 0.15) is 12.4 Å². The van der Waals surface area contributed by atoms with Crippen molar-refractivity contribution in [2.45, 2.75) is 13.2 Å². The summed E-state index contributed by atoms with van der Waals surface area (Å²) in [5.41, 5.74) is 1.74. The van der Waals surface area contributed by atoms with Crippen molar-refractivity contribution in [1.29, 1.82) is 0 Å². The maximum atomic E-state index is 13.6. The van der Waals surface area contributed by atoms with Gasteiger partial charge in [-0.1, -0.05) is 48.5 Å². The van der Waals surface area contributed by atoms with Gasteiger partial charge in [-0.05, 0) is 35.4 Å². The molecular formula is C24H23FN2O4. The first-order chi connectivity index (χ1) is 15.1. The molecule has 0 unspecified atom stereocenters. The lowest BCUT2D eigenvalue weighted by Crippen LogP contribution is -2.36. The first kappa shape index (κ1) is 21.8. The van der Waals surface area contributed by atoms with Gasteiger partial charge in [0.15, 0.2) is 11.5 Å². The van der Waals surface area contributed by atoms with Gasteiger partial charge in [0.05, 0.1) is 19.2 Å². The number of hydrogen-bond donors (Lipinski definition) is 2. The summed E-state index contributed by atoms with van der Waals surface area (Å²) in [5.74, 6) is -0.529. The Labute approximate surface area is 180 Å². The van der Waals surface area contributed by atoms with Gasteiger partial charge in [-0.25, -0.2) is 4.39 Å². The summed E-state index contributed by atoms with van der Waals surface area (Å²) in [7, 11) is 1.55. The fourth-order valence-corrected chi connectivity index (χ4v) is 2.84. The SMILES string of the molecule is COc1cc(CNC(=O)CNC(=O)c2ccccc2F)ccc1OCc1ccccc1. The van der Waals surface area contributed by atoms with E-state index in [2.05, 4.69) is 10.6 Å². The molecule has 0 bridgehead atoms. The van der Waals surface area contributed by atoms with Crippen molar-refractivity contribution in [3.63, 3.8) is 0 Å². The van der Waals surface area contributed by atoms with E-state index in [9.17, 15) is 14.0 Å². The van der Waals surface area contributed by atoms with Crippen molar-refractivity contribution in [2.24, 2.45) is 0 Å². The Kier molecular flexibility index (Phi) is 7.59. The zero-order chi connectivity index (χ0) is 22.1. The Bertz CT molecular complexity index is 1040. The van der Waals surface area contributed by atoms with Crippen molar-refractivity contribution in [2.75, 3.05) is 13.7 Å². The molecule has 0 fully saturated rings. The van der Waals surface area contributed by atoms with Crippen LogP contribution >= 0.6 is 0 Å². The number of ether oxygens (including phenoxy) is 2. The largest absolute Gasteiger partial charge is 0.493 e. The molecule has 7 heteroatoms. The molecule has 3 aromatic carbocycles. The van der Waals surface area contributed by atoms with Crippen LogP contribution in [0.25, 0.3) is 0 Å². The van der Waals surface area contributed by atoms with Gasteiger partial charge in [0.2, 0.25) is 5.91 Å². The third-order valence-corrected chi connectivity index (χ3v) is 4.48. The Hall–Kier alpha value is -3.87. The number of benzene rings is 3. The number of rotatable bonds is 9. The summed E-state index contributed by atoms with van der Waals surface area (Å²) in [6.45, 7) is 0.390. The van der Waals surface area contributed by atoms with Crippen molar-refractivity contribution < 1.29 is 23.5 Å². The fraction of sp³-hybridized carbons (Fsp3) is 0.167. The molecule has 0 heterocycles. The molecule has 0 spiro atoms. The van der Waals surface area contributed by atoms with E-state index in [4.69, 9.17) is 9.47 Å². The minimum atomic E-state index is -0.644. The Morgan fingerprint density at radius 3 is 2.35 bits per heavy atom. The van der Waals surface area contributed by atoms with Crippen molar-refractivity contribution >= 4 is 11.8 Å². The lowest BCUT2D eigenvalue weighted by molar-refractivity contribution is -0.120. The molecule has 6 nitrogen and oxygen atoms in total. The topological polar surface area (TPSA) is 76.7 Å². The third-order valence-electron chi connectivity index (χ3n) is 4.48. The van der Waals surface area contributed by atoms with Gasteiger partial charge in [-0.2, -0.15) is 0 Å². The van der Waals surface area contributed by atoms with Crippen LogP contribution < -0.4 is 20.1 Å². The van der Waals surface area contributed by atoms with E-state index < -0.39 is 17.6 Å². The molecule has 0 aliphatic heterocycles. The van der Waals surface area contributed by atoms with Gasteiger partial charge in [-0.3, -0.25) is 9.59 Å². The van der Waals surface area contributed by atoms with Crippen LogP contribution in [0.2, 0.25) is 0 Å². The number of hydrogen-bond acceptors (Lipinski definition) is 4. The molecule has 3 rings (SSSR count). The van der Waals surface area contributed by atoms with Gasteiger partial charge in [0.25, 0.3) is 5.91 Å². The summed E-state index contributed by atoms with van der Waals surface area (Å²) in [5, 5.41) is 5.11. The van der Waals surface area contributed by atoms with Crippen molar-refractivity contribution in [1.82, 2.24) is 10.6 Å². The van der Waals surface area contributed by atoms with Crippen LogP contribution in [0.5, 0.6) is 11.5 Å². The molecule has 0 saturated carbocycles. The second-order valence-electron chi connectivity index (χ2n) is 6.70. The molecule has 0 aliphatic carbocycles. The van der Waals surface area contributed by atoms with E-state index >= 15 is 0 Å². The Balaban J connectivity index is 1.50. The van der Waals surface area contributed by atoms with Gasteiger partial charge < -0.3 is 20.1 Å². The zero-order valence-corrected chi connectivity index (χ0v) is 17.1. The highest BCUT2D eigenvalue weighted by Gasteiger charge is 2.12. The monoisotopic (exact) mass is 422 g/mol.